The molecule has 0 aliphatic heterocycles. The Balaban J connectivity index is 3.39. The molecular weight excluding hydrogens is 240 g/mol. The highest BCUT2D eigenvalue weighted by Gasteiger charge is 2.14. The van der Waals surface area contributed by atoms with Crippen molar-refractivity contribution in [2.45, 2.75) is 13.3 Å². The van der Waals surface area contributed by atoms with E-state index < -0.39 is 11.6 Å². The molecule has 1 nitrogen and oxygen atoms in total. The van der Waals surface area contributed by atoms with E-state index in [1.165, 1.54) is 13.0 Å². The quantitative estimate of drug-likeness (QED) is 0.698. The van der Waals surface area contributed by atoms with Crippen LogP contribution in [0.3, 0.4) is 0 Å². The fourth-order valence-corrected chi connectivity index (χ4v) is 1.61. The Hall–Kier alpha value is -0.950. The minimum Gasteiger partial charge on any atom is -0.206 e. The van der Waals surface area contributed by atoms with E-state index in [1.54, 1.807) is 6.07 Å². The van der Waals surface area contributed by atoms with Gasteiger partial charge in [-0.05, 0) is 34.5 Å². The van der Waals surface area contributed by atoms with Gasteiger partial charge in [-0.15, -0.1) is 0 Å². The van der Waals surface area contributed by atoms with E-state index in [4.69, 9.17) is 5.26 Å². The van der Waals surface area contributed by atoms with Crippen molar-refractivity contribution >= 4 is 15.9 Å². The zero-order valence-corrected chi connectivity index (χ0v) is 8.45. The fourth-order valence-electron chi connectivity index (χ4n) is 1.03. The zero-order valence-electron chi connectivity index (χ0n) is 6.87. The van der Waals surface area contributed by atoms with Crippen LogP contribution < -0.4 is 0 Å². The summed E-state index contributed by atoms with van der Waals surface area (Å²) in [5.41, 5.74) is 0.160. The lowest BCUT2D eigenvalue weighted by atomic mass is 10.1. The van der Waals surface area contributed by atoms with E-state index in [0.29, 0.717) is 5.56 Å². The smallest absolute Gasteiger partial charge is 0.144 e. The molecule has 0 radical (unpaired) electrons. The molecule has 68 valence electrons. The first-order chi connectivity index (χ1) is 6.07. The normalized spacial score (nSPS) is 9.77. The molecule has 1 aromatic carbocycles. The summed E-state index contributed by atoms with van der Waals surface area (Å²) in [5.74, 6) is -1.33. The average molecular weight is 246 g/mol. The maximum absolute atomic E-state index is 13.2. The van der Waals surface area contributed by atoms with Gasteiger partial charge in [0.15, 0.2) is 0 Å². The molecule has 0 saturated carbocycles. The Morgan fingerprint density at radius 1 is 1.46 bits per heavy atom. The van der Waals surface area contributed by atoms with E-state index in [0.717, 1.165) is 0 Å². The Morgan fingerprint density at radius 2 is 2.08 bits per heavy atom. The predicted octanol–water partition coefficient (Wildman–Crippen LogP) is 3.10. The number of nitriles is 1. The topological polar surface area (TPSA) is 23.8 Å². The van der Waals surface area contributed by atoms with Crippen LogP contribution in [0.4, 0.5) is 8.78 Å². The predicted molar refractivity (Wildman–Crippen MR) is 48.1 cm³/mol. The van der Waals surface area contributed by atoms with E-state index in [2.05, 4.69) is 15.9 Å². The molecule has 4 heteroatoms. The Kier molecular flexibility index (Phi) is 2.99. The van der Waals surface area contributed by atoms with Gasteiger partial charge in [-0.1, -0.05) is 0 Å². The molecule has 0 bridgehead atoms. The highest BCUT2D eigenvalue weighted by atomic mass is 79.9. The third kappa shape index (κ3) is 1.86. The number of benzene rings is 1. The molecule has 1 aromatic rings. The molecule has 1 rings (SSSR count). The van der Waals surface area contributed by atoms with Gasteiger partial charge < -0.3 is 0 Å². The maximum Gasteiger partial charge on any atom is 0.144 e. The molecule has 0 unspecified atom stereocenters. The van der Waals surface area contributed by atoms with Crippen LogP contribution in [0.2, 0.25) is 0 Å². The highest BCUT2D eigenvalue weighted by molar-refractivity contribution is 9.10. The number of aryl methyl sites for hydroxylation is 1. The van der Waals surface area contributed by atoms with Crippen LogP contribution in [0.15, 0.2) is 10.5 Å². The molecule has 0 heterocycles. The molecule has 0 aliphatic rings. The Bertz CT molecular complexity index is 356. The summed E-state index contributed by atoms with van der Waals surface area (Å²) < 4.78 is 26.6. The van der Waals surface area contributed by atoms with Crippen LogP contribution in [0.1, 0.15) is 11.1 Å². The SMILES string of the molecule is Cc1cc(Br)c(F)c(CC#N)c1F. The second kappa shape index (κ2) is 3.84. The molecule has 0 amide bonds. The van der Waals surface area contributed by atoms with Gasteiger partial charge in [0.1, 0.15) is 11.6 Å². The van der Waals surface area contributed by atoms with Gasteiger partial charge >= 0.3 is 0 Å². The van der Waals surface area contributed by atoms with Crippen LogP contribution in [-0.2, 0) is 6.42 Å². The summed E-state index contributed by atoms with van der Waals surface area (Å²) in [6, 6.07) is 3.07. The van der Waals surface area contributed by atoms with E-state index >= 15 is 0 Å². The summed E-state index contributed by atoms with van der Waals surface area (Å²) in [7, 11) is 0. The first kappa shape index (κ1) is 10.1. The molecule has 13 heavy (non-hydrogen) atoms. The third-order valence-electron chi connectivity index (χ3n) is 1.68. The van der Waals surface area contributed by atoms with Gasteiger partial charge in [-0.3, -0.25) is 0 Å². The summed E-state index contributed by atoms with van der Waals surface area (Å²) in [6.45, 7) is 1.53. The van der Waals surface area contributed by atoms with Crippen molar-refractivity contribution in [2.24, 2.45) is 0 Å². The summed E-state index contributed by atoms with van der Waals surface area (Å²) in [6.07, 6.45) is -0.252. The molecular formula is C9H6BrF2N. The highest BCUT2D eigenvalue weighted by Crippen LogP contribution is 2.24. The first-order valence-corrected chi connectivity index (χ1v) is 4.37. The number of rotatable bonds is 1. The van der Waals surface area contributed by atoms with Crippen molar-refractivity contribution in [3.05, 3.63) is 33.3 Å². The molecule has 0 N–H and O–H groups in total. The lowest BCUT2D eigenvalue weighted by Crippen LogP contribution is -1.98. The molecule has 0 saturated heterocycles. The largest absolute Gasteiger partial charge is 0.206 e. The second-order valence-electron chi connectivity index (χ2n) is 2.62. The van der Waals surface area contributed by atoms with Crippen LogP contribution in [0.5, 0.6) is 0 Å². The van der Waals surface area contributed by atoms with E-state index in [1.807, 2.05) is 0 Å². The lowest BCUT2D eigenvalue weighted by molar-refractivity contribution is 0.553. The maximum atomic E-state index is 13.2. The fraction of sp³-hybridized carbons (Fsp3) is 0.222. The van der Waals surface area contributed by atoms with Crippen molar-refractivity contribution < 1.29 is 8.78 Å². The van der Waals surface area contributed by atoms with E-state index in [9.17, 15) is 8.78 Å². The van der Waals surface area contributed by atoms with Crippen LogP contribution in [-0.4, -0.2) is 0 Å². The Labute approximate surface area is 83.1 Å². The van der Waals surface area contributed by atoms with Crippen molar-refractivity contribution in [3.8, 4) is 6.07 Å². The average Bonchev–Trinajstić information content (AvgIpc) is 2.09. The number of hydrogen-bond acceptors (Lipinski definition) is 1. The number of hydrogen-bond donors (Lipinski definition) is 0. The van der Waals surface area contributed by atoms with Gasteiger partial charge in [0.2, 0.25) is 0 Å². The third-order valence-corrected chi connectivity index (χ3v) is 2.26. The molecule has 0 fully saturated rings. The van der Waals surface area contributed by atoms with Crippen molar-refractivity contribution in [2.75, 3.05) is 0 Å². The second-order valence-corrected chi connectivity index (χ2v) is 3.47. The minimum atomic E-state index is -0.690. The molecule has 0 aliphatic carbocycles. The monoisotopic (exact) mass is 245 g/mol. The number of halogens is 3. The summed E-state index contributed by atoms with van der Waals surface area (Å²) >= 11 is 2.95. The van der Waals surface area contributed by atoms with Crippen molar-refractivity contribution in [1.29, 1.82) is 5.26 Å². The number of nitrogens with zero attached hydrogens (tertiary/aromatic N) is 1. The molecule has 0 spiro atoms. The van der Waals surface area contributed by atoms with Crippen LogP contribution >= 0.6 is 15.9 Å². The zero-order chi connectivity index (χ0) is 10.0. The van der Waals surface area contributed by atoms with Gasteiger partial charge in [0, 0.05) is 5.56 Å². The van der Waals surface area contributed by atoms with Crippen molar-refractivity contribution in [3.63, 3.8) is 0 Å². The first-order valence-electron chi connectivity index (χ1n) is 3.58. The Morgan fingerprint density at radius 3 is 2.62 bits per heavy atom. The minimum absolute atomic E-state index is 0.172. The van der Waals surface area contributed by atoms with Gasteiger partial charge in [-0.25, -0.2) is 8.78 Å². The van der Waals surface area contributed by atoms with Gasteiger partial charge in [0.25, 0.3) is 0 Å². The van der Waals surface area contributed by atoms with Gasteiger partial charge in [0.05, 0.1) is 17.0 Å². The molecule has 0 aromatic heterocycles. The van der Waals surface area contributed by atoms with Crippen molar-refractivity contribution in [1.82, 2.24) is 0 Å². The standard InChI is InChI=1S/C9H6BrF2N/c1-5-4-7(10)9(12)6(2-3-13)8(5)11/h4H,2H2,1H3. The summed E-state index contributed by atoms with van der Waals surface area (Å²) in [5, 5.41) is 8.35. The van der Waals surface area contributed by atoms with Crippen LogP contribution in [0.25, 0.3) is 0 Å². The molecule has 0 atom stereocenters. The van der Waals surface area contributed by atoms with E-state index in [-0.39, 0.29) is 16.5 Å². The summed E-state index contributed by atoms with van der Waals surface area (Å²) in [4.78, 5) is 0. The lowest BCUT2D eigenvalue weighted by Gasteiger charge is -2.05. The van der Waals surface area contributed by atoms with Crippen LogP contribution in [0, 0.1) is 29.9 Å². The van der Waals surface area contributed by atoms with Gasteiger partial charge in [-0.2, -0.15) is 5.26 Å².